The van der Waals surface area contributed by atoms with Crippen molar-refractivity contribution in [2.24, 2.45) is 4.99 Å². The standard InChI is InChI=1S/C20H16N2S/c1-3-7-14(8-4-1)18-19(15-9-5-2-6-10-15)22-13-17-16(11-12-23-17)20(22)21-18/h1-12,18-19H,13H2/t18-,19-/m1/s1. The van der Waals surface area contributed by atoms with Crippen molar-refractivity contribution in [2.45, 2.75) is 18.6 Å². The van der Waals surface area contributed by atoms with Gasteiger partial charge < -0.3 is 4.90 Å². The van der Waals surface area contributed by atoms with Gasteiger partial charge in [-0.3, -0.25) is 4.99 Å². The maximum atomic E-state index is 5.14. The van der Waals surface area contributed by atoms with Crippen LogP contribution in [0.4, 0.5) is 0 Å². The monoisotopic (exact) mass is 316 g/mol. The van der Waals surface area contributed by atoms with Crippen molar-refractivity contribution in [1.29, 1.82) is 0 Å². The molecule has 2 aromatic carbocycles. The smallest absolute Gasteiger partial charge is 0.133 e. The van der Waals surface area contributed by atoms with Crippen LogP contribution in [0.1, 0.15) is 33.7 Å². The third-order valence-corrected chi connectivity index (χ3v) is 5.66. The average Bonchev–Trinajstić information content (AvgIpc) is 3.27. The van der Waals surface area contributed by atoms with Gasteiger partial charge >= 0.3 is 0 Å². The van der Waals surface area contributed by atoms with E-state index in [1.807, 2.05) is 11.3 Å². The van der Waals surface area contributed by atoms with E-state index in [0.29, 0.717) is 0 Å². The van der Waals surface area contributed by atoms with Gasteiger partial charge in [-0.1, -0.05) is 60.7 Å². The van der Waals surface area contributed by atoms with Crippen LogP contribution >= 0.6 is 11.3 Å². The topological polar surface area (TPSA) is 15.6 Å². The fourth-order valence-electron chi connectivity index (χ4n) is 3.71. The number of hydrogen-bond acceptors (Lipinski definition) is 3. The summed E-state index contributed by atoms with van der Waals surface area (Å²) in [5.41, 5.74) is 3.96. The summed E-state index contributed by atoms with van der Waals surface area (Å²) in [5, 5.41) is 2.18. The molecule has 1 aromatic heterocycles. The highest BCUT2D eigenvalue weighted by molar-refractivity contribution is 7.10. The van der Waals surface area contributed by atoms with Crippen LogP contribution in [0.25, 0.3) is 0 Å². The van der Waals surface area contributed by atoms with Gasteiger partial charge in [0.25, 0.3) is 0 Å². The molecule has 2 aliphatic heterocycles. The van der Waals surface area contributed by atoms with Crippen molar-refractivity contribution in [3.05, 3.63) is 93.7 Å². The quantitative estimate of drug-likeness (QED) is 0.662. The fourth-order valence-corrected chi connectivity index (χ4v) is 4.58. The molecule has 112 valence electrons. The van der Waals surface area contributed by atoms with E-state index in [4.69, 9.17) is 4.99 Å². The van der Waals surface area contributed by atoms with Crippen molar-refractivity contribution in [1.82, 2.24) is 4.90 Å². The summed E-state index contributed by atoms with van der Waals surface area (Å²) in [7, 11) is 0. The van der Waals surface area contributed by atoms with Gasteiger partial charge in [0.1, 0.15) is 11.9 Å². The summed E-state index contributed by atoms with van der Waals surface area (Å²) in [6.07, 6.45) is 0. The summed E-state index contributed by atoms with van der Waals surface area (Å²) in [6, 6.07) is 24.1. The molecule has 0 bridgehead atoms. The van der Waals surface area contributed by atoms with E-state index in [2.05, 4.69) is 77.0 Å². The molecule has 3 heteroatoms. The third kappa shape index (κ3) is 1.97. The average molecular weight is 316 g/mol. The SMILES string of the molecule is c1ccc([C@H]2N=C3c4ccsc4CN3[C@@H]2c2ccccc2)cc1. The van der Waals surface area contributed by atoms with E-state index in [1.165, 1.54) is 27.4 Å². The normalized spacial score (nSPS) is 21.9. The molecule has 0 amide bonds. The van der Waals surface area contributed by atoms with Crippen molar-refractivity contribution >= 4 is 17.2 Å². The number of rotatable bonds is 2. The molecule has 0 fully saturated rings. The lowest BCUT2D eigenvalue weighted by atomic mass is 9.94. The van der Waals surface area contributed by atoms with Crippen LogP contribution in [0.5, 0.6) is 0 Å². The molecule has 2 atom stereocenters. The zero-order valence-corrected chi connectivity index (χ0v) is 13.4. The molecule has 0 aliphatic carbocycles. The number of benzene rings is 2. The van der Waals surface area contributed by atoms with Crippen LogP contribution in [0, 0.1) is 0 Å². The molecule has 0 radical (unpaired) electrons. The number of thiophene rings is 1. The van der Waals surface area contributed by atoms with Gasteiger partial charge in [-0.25, -0.2) is 0 Å². The number of aliphatic imine (C=N–C) groups is 1. The number of nitrogens with zero attached hydrogens (tertiary/aromatic N) is 2. The van der Waals surface area contributed by atoms with E-state index in [1.54, 1.807) is 0 Å². The Morgan fingerprint density at radius 3 is 2.30 bits per heavy atom. The Bertz CT molecular complexity index is 867. The summed E-state index contributed by atoms with van der Waals surface area (Å²) in [5.74, 6) is 1.17. The molecule has 0 spiro atoms. The van der Waals surface area contributed by atoms with Crippen molar-refractivity contribution in [3.8, 4) is 0 Å². The second-order valence-corrected chi connectivity index (χ2v) is 7.05. The minimum Gasteiger partial charge on any atom is -0.342 e. The first-order valence-corrected chi connectivity index (χ1v) is 8.81. The van der Waals surface area contributed by atoms with E-state index >= 15 is 0 Å². The Kier molecular flexibility index (Phi) is 2.88. The molecule has 0 unspecified atom stereocenters. The van der Waals surface area contributed by atoms with Crippen LogP contribution in [0.3, 0.4) is 0 Å². The maximum absolute atomic E-state index is 5.14. The summed E-state index contributed by atoms with van der Waals surface area (Å²) < 4.78 is 0. The van der Waals surface area contributed by atoms with E-state index in [0.717, 1.165) is 6.54 Å². The Morgan fingerprint density at radius 1 is 0.870 bits per heavy atom. The lowest BCUT2D eigenvalue weighted by Gasteiger charge is -2.27. The predicted molar refractivity (Wildman–Crippen MR) is 94.8 cm³/mol. The van der Waals surface area contributed by atoms with Crippen molar-refractivity contribution in [2.75, 3.05) is 0 Å². The molecule has 3 aromatic rings. The highest BCUT2D eigenvalue weighted by Gasteiger charge is 2.42. The van der Waals surface area contributed by atoms with E-state index in [-0.39, 0.29) is 12.1 Å². The lowest BCUT2D eigenvalue weighted by Crippen LogP contribution is -2.26. The minimum atomic E-state index is 0.168. The van der Waals surface area contributed by atoms with Crippen molar-refractivity contribution < 1.29 is 0 Å². The largest absolute Gasteiger partial charge is 0.342 e. The first-order valence-electron chi connectivity index (χ1n) is 7.93. The van der Waals surface area contributed by atoms with Gasteiger partial charge in [0.2, 0.25) is 0 Å². The molecular weight excluding hydrogens is 300 g/mol. The molecule has 0 saturated carbocycles. The molecule has 23 heavy (non-hydrogen) atoms. The number of amidine groups is 1. The Hall–Kier alpha value is -2.39. The van der Waals surface area contributed by atoms with Gasteiger partial charge in [0.15, 0.2) is 0 Å². The molecule has 2 nitrogen and oxygen atoms in total. The molecule has 3 heterocycles. The Morgan fingerprint density at radius 2 is 1.57 bits per heavy atom. The van der Waals surface area contributed by atoms with Gasteiger partial charge in [0.05, 0.1) is 12.6 Å². The van der Waals surface area contributed by atoms with Gasteiger partial charge in [0, 0.05) is 10.4 Å². The van der Waals surface area contributed by atoms with Crippen molar-refractivity contribution in [3.63, 3.8) is 0 Å². The summed E-state index contributed by atoms with van der Waals surface area (Å²) >= 11 is 1.84. The first kappa shape index (κ1) is 13.1. The molecular formula is C20H16N2S. The second-order valence-electron chi connectivity index (χ2n) is 6.05. The Balaban J connectivity index is 1.65. The summed E-state index contributed by atoms with van der Waals surface area (Å²) in [6.45, 7) is 0.981. The van der Waals surface area contributed by atoms with Crippen LogP contribution in [-0.2, 0) is 6.54 Å². The third-order valence-electron chi connectivity index (χ3n) is 4.75. The molecule has 5 rings (SSSR count). The number of hydrogen-bond donors (Lipinski definition) is 0. The van der Waals surface area contributed by atoms with Crippen LogP contribution in [-0.4, -0.2) is 10.7 Å². The molecule has 2 aliphatic rings. The first-order chi connectivity index (χ1) is 11.4. The zero-order chi connectivity index (χ0) is 15.2. The number of fused-ring (bicyclic) bond motifs is 3. The maximum Gasteiger partial charge on any atom is 0.133 e. The zero-order valence-electron chi connectivity index (χ0n) is 12.6. The second kappa shape index (κ2) is 5.07. The Labute approximate surface area is 139 Å². The predicted octanol–water partition coefficient (Wildman–Crippen LogP) is 4.81. The molecule has 0 N–H and O–H groups in total. The minimum absolute atomic E-state index is 0.168. The van der Waals surface area contributed by atoms with Crippen LogP contribution < -0.4 is 0 Å². The van der Waals surface area contributed by atoms with E-state index in [9.17, 15) is 0 Å². The lowest BCUT2D eigenvalue weighted by molar-refractivity contribution is 0.315. The molecule has 0 saturated heterocycles. The summed E-state index contributed by atoms with van der Waals surface area (Å²) in [4.78, 5) is 9.06. The van der Waals surface area contributed by atoms with Gasteiger partial charge in [-0.05, 0) is 22.6 Å². The van der Waals surface area contributed by atoms with Crippen LogP contribution in [0.15, 0.2) is 77.1 Å². The van der Waals surface area contributed by atoms with Gasteiger partial charge in [-0.2, -0.15) is 0 Å². The van der Waals surface area contributed by atoms with Crippen LogP contribution in [0.2, 0.25) is 0 Å². The van der Waals surface area contributed by atoms with E-state index < -0.39 is 0 Å². The highest BCUT2D eigenvalue weighted by Crippen LogP contribution is 2.47. The van der Waals surface area contributed by atoms with Gasteiger partial charge in [-0.15, -0.1) is 11.3 Å². The fraction of sp³-hybridized carbons (Fsp3) is 0.150. The highest BCUT2D eigenvalue weighted by atomic mass is 32.1.